The highest BCUT2D eigenvalue weighted by Gasteiger charge is 2.59. The van der Waals surface area contributed by atoms with Gasteiger partial charge in [0.2, 0.25) is 0 Å². The number of anilines is 1. The van der Waals surface area contributed by atoms with Crippen LogP contribution in [0.3, 0.4) is 0 Å². The quantitative estimate of drug-likeness (QED) is 0.905. The number of nitrogens with zero attached hydrogens (tertiary/aromatic N) is 1. The Hall–Kier alpha value is -1.56. The molecule has 1 aliphatic rings. The summed E-state index contributed by atoms with van der Waals surface area (Å²) in [6.07, 6.45) is 0. The zero-order valence-corrected chi connectivity index (χ0v) is 12.1. The highest BCUT2D eigenvalue weighted by atomic mass is 32.2. The van der Waals surface area contributed by atoms with Crippen LogP contribution >= 0.6 is 0 Å². The summed E-state index contributed by atoms with van der Waals surface area (Å²) in [5, 5.41) is 3.11. The molecular weight excluding hydrogens is 264 g/mol. The molecule has 2 rings (SSSR count). The van der Waals surface area contributed by atoms with Crippen molar-refractivity contribution in [1.29, 1.82) is 0 Å². The number of carbonyl (C=O) groups excluding carboxylic acids is 1. The van der Waals surface area contributed by atoms with Gasteiger partial charge in [-0.1, -0.05) is 12.1 Å². The van der Waals surface area contributed by atoms with E-state index in [2.05, 4.69) is 5.32 Å². The van der Waals surface area contributed by atoms with Gasteiger partial charge in [-0.15, -0.1) is 0 Å². The first kappa shape index (κ1) is 13.9. The standard InChI is InChI=1S/C13H18N2O3S/c1-10-5-4-6-11(9-10)14-7-8-15-12(16)13(2,3)19(15,17)18/h4-6,9,14H,7-8H2,1-3H3. The van der Waals surface area contributed by atoms with E-state index in [-0.39, 0.29) is 12.5 Å². The van der Waals surface area contributed by atoms with Crippen LogP contribution in [0.15, 0.2) is 24.3 Å². The number of sulfonamides is 1. The Kier molecular flexibility index (Phi) is 3.30. The number of aryl methyl sites for hydroxylation is 1. The summed E-state index contributed by atoms with van der Waals surface area (Å²) in [6.45, 7) is 5.43. The van der Waals surface area contributed by atoms with E-state index in [4.69, 9.17) is 0 Å². The van der Waals surface area contributed by atoms with Crippen molar-refractivity contribution in [3.05, 3.63) is 29.8 Å². The summed E-state index contributed by atoms with van der Waals surface area (Å²) in [4.78, 5) is 11.7. The number of benzene rings is 1. The highest BCUT2D eigenvalue weighted by Crippen LogP contribution is 2.34. The lowest BCUT2D eigenvalue weighted by atomic mass is 10.2. The van der Waals surface area contributed by atoms with Crippen LogP contribution in [0.2, 0.25) is 0 Å². The van der Waals surface area contributed by atoms with E-state index in [1.165, 1.54) is 13.8 Å². The van der Waals surface area contributed by atoms with Crippen molar-refractivity contribution in [3.8, 4) is 0 Å². The van der Waals surface area contributed by atoms with Crippen molar-refractivity contribution in [1.82, 2.24) is 4.31 Å². The third-order valence-corrected chi connectivity index (χ3v) is 5.73. The molecule has 1 saturated heterocycles. The molecule has 0 spiro atoms. The molecule has 1 amide bonds. The van der Waals surface area contributed by atoms with Crippen LogP contribution in [0.25, 0.3) is 0 Å². The summed E-state index contributed by atoms with van der Waals surface area (Å²) in [5.74, 6) is -0.335. The molecule has 6 heteroatoms. The van der Waals surface area contributed by atoms with Crippen molar-refractivity contribution in [2.45, 2.75) is 25.5 Å². The predicted molar refractivity (Wildman–Crippen MR) is 74.4 cm³/mol. The Labute approximate surface area is 113 Å². The Morgan fingerprint density at radius 1 is 1.32 bits per heavy atom. The van der Waals surface area contributed by atoms with E-state index >= 15 is 0 Å². The van der Waals surface area contributed by atoms with Crippen molar-refractivity contribution in [2.24, 2.45) is 0 Å². The van der Waals surface area contributed by atoms with Gasteiger partial charge in [-0.2, -0.15) is 0 Å². The molecule has 19 heavy (non-hydrogen) atoms. The Morgan fingerprint density at radius 3 is 2.58 bits per heavy atom. The molecule has 0 saturated carbocycles. The van der Waals surface area contributed by atoms with Crippen LogP contribution in [-0.2, 0) is 14.8 Å². The van der Waals surface area contributed by atoms with E-state index in [0.717, 1.165) is 15.6 Å². The number of carbonyl (C=O) groups is 1. The molecule has 5 nitrogen and oxygen atoms in total. The van der Waals surface area contributed by atoms with Gasteiger partial charge in [0.1, 0.15) is 0 Å². The van der Waals surface area contributed by atoms with E-state index < -0.39 is 14.8 Å². The number of nitrogens with one attached hydrogen (secondary N) is 1. The third kappa shape index (κ3) is 2.20. The maximum atomic E-state index is 11.9. The molecule has 1 heterocycles. The Balaban J connectivity index is 1.93. The SMILES string of the molecule is Cc1cccc(NCCN2C(=O)C(C)(C)S2(=O)=O)c1. The average Bonchev–Trinajstić information content (AvgIpc) is 2.33. The highest BCUT2D eigenvalue weighted by molar-refractivity contribution is 7.94. The molecule has 0 atom stereocenters. The van der Waals surface area contributed by atoms with Crippen LogP contribution in [0, 0.1) is 6.92 Å². The summed E-state index contributed by atoms with van der Waals surface area (Å²) >= 11 is 0. The van der Waals surface area contributed by atoms with E-state index in [9.17, 15) is 13.2 Å². The smallest absolute Gasteiger partial charge is 0.258 e. The molecule has 0 aromatic heterocycles. The van der Waals surface area contributed by atoms with Gasteiger partial charge in [0.15, 0.2) is 4.75 Å². The Morgan fingerprint density at radius 2 is 2.00 bits per heavy atom. The molecule has 0 unspecified atom stereocenters. The van der Waals surface area contributed by atoms with E-state index in [0.29, 0.717) is 6.54 Å². The largest absolute Gasteiger partial charge is 0.383 e. The minimum atomic E-state index is -3.47. The molecule has 1 aromatic carbocycles. The zero-order valence-electron chi connectivity index (χ0n) is 11.3. The van der Waals surface area contributed by atoms with Gasteiger partial charge in [0.05, 0.1) is 6.54 Å². The summed E-state index contributed by atoms with van der Waals surface area (Å²) in [6, 6.07) is 7.78. The zero-order chi connectivity index (χ0) is 14.3. The molecule has 0 radical (unpaired) electrons. The van der Waals surface area contributed by atoms with Crippen LogP contribution in [0.1, 0.15) is 19.4 Å². The second kappa shape index (κ2) is 4.52. The second-order valence-electron chi connectivity index (χ2n) is 5.19. The van der Waals surface area contributed by atoms with Crippen molar-refractivity contribution in [3.63, 3.8) is 0 Å². The van der Waals surface area contributed by atoms with Gasteiger partial charge in [0.25, 0.3) is 15.9 Å². The van der Waals surface area contributed by atoms with E-state index in [1.54, 1.807) is 0 Å². The number of rotatable bonds is 4. The lowest BCUT2D eigenvalue weighted by molar-refractivity contribution is -0.132. The van der Waals surface area contributed by atoms with Gasteiger partial charge in [-0.05, 0) is 38.5 Å². The van der Waals surface area contributed by atoms with E-state index in [1.807, 2.05) is 31.2 Å². The first-order chi connectivity index (χ1) is 8.76. The lowest BCUT2D eigenvalue weighted by Crippen LogP contribution is -2.67. The normalized spacial score (nSPS) is 19.9. The molecule has 1 N–H and O–H groups in total. The first-order valence-electron chi connectivity index (χ1n) is 6.14. The third-order valence-electron chi connectivity index (χ3n) is 3.34. The van der Waals surface area contributed by atoms with Crippen LogP contribution < -0.4 is 5.32 Å². The van der Waals surface area contributed by atoms with Gasteiger partial charge in [-0.25, -0.2) is 12.7 Å². The molecule has 104 valence electrons. The van der Waals surface area contributed by atoms with Crippen molar-refractivity contribution in [2.75, 3.05) is 18.4 Å². The maximum absolute atomic E-state index is 11.9. The van der Waals surface area contributed by atoms with Gasteiger partial charge >= 0.3 is 0 Å². The van der Waals surface area contributed by atoms with Crippen molar-refractivity contribution >= 4 is 21.6 Å². The molecule has 0 aliphatic carbocycles. The first-order valence-corrected chi connectivity index (χ1v) is 7.58. The molecular formula is C13H18N2O3S. The van der Waals surface area contributed by atoms with Gasteiger partial charge in [-0.3, -0.25) is 4.79 Å². The fraction of sp³-hybridized carbons (Fsp3) is 0.462. The number of hydrogen-bond donors (Lipinski definition) is 1. The molecule has 1 aliphatic heterocycles. The number of amides is 1. The van der Waals surface area contributed by atoms with Crippen LogP contribution in [0.5, 0.6) is 0 Å². The molecule has 1 aromatic rings. The monoisotopic (exact) mass is 282 g/mol. The summed E-state index contributed by atoms with van der Waals surface area (Å²) < 4.78 is 23.4. The van der Waals surface area contributed by atoms with Gasteiger partial charge < -0.3 is 5.32 Å². The maximum Gasteiger partial charge on any atom is 0.258 e. The van der Waals surface area contributed by atoms with Crippen LogP contribution in [-0.4, -0.2) is 36.5 Å². The average molecular weight is 282 g/mol. The summed E-state index contributed by atoms with van der Waals surface area (Å²) in [5.41, 5.74) is 2.04. The minimum absolute atomic E-state index is 0.165. The number of hydrogen-bond acceptors (Lipinski definition) is 4. The molecule has 1 fully saturated rings. The topological polar surface area (TPSA) is 66.5 Å². The molecule has 0 bridgehead atoms. The summed E-state index contributed by atoms with van der Waals surface area (Å²) in [7, 11) is -3.47. The van der Waals surface area contributed by atoms with Gasteiger partial charge in [0, 0.05) is 12.2 Å². The second-order valence-corrected chi connectivity index (χ2v) is 7.60. The van der Waals surface area contributed by atoms with Crippen molar-refractivity contribution < 1.29 is 13.2 Å². The fourth-order valence-electron chi connectivity index (χ4n) is 2.03. The van der Waals surface area contributed by atoms with Crippen LogP contribution in [0.4, 0.5) is 5.69 Å². The predicted octanol–water partition coefficient (Wildman–Crippen LogP) is 1.36. The Bertz CT molecular complexity index is 608. The lowest BCUT2D eigenvalue weighted by Gasteiger charge is -2.43. The minimum Gasteiger partial charge on any atom is -0.383 e. The fourth-order valence-corrected chi connectivity index (χ4v) is 3.56.